The molecule has 204 valence electrons. The molecule has 0 spiro atoms. The Morgan fingerprint density at radius 1 is 0.973 bits per heavy atom. The topological polar surface area (TPSA) is 139 Å². The van der Waals surface area contributed by atoms with Crippen LogP contribution in [0.25, 0.3) is 0 Å². The van der Waals surface area contributed by atoms with E-state index in [1.165, 1.54) is 0 Å². The molecule has 1 heterocycles. The first-order valence-corrected chi connectivity index (χ1v) is 13.3. The predicted octanol–water partition coefficient (Wildman–Crippen LogP) is 2.36. The van der Waals surface area contributed by atoms with Gasteiger partial charge in [0.2, 0.25) is 0 Å². The van der Waals surface area contributed by atoms with Crippen molar-refractivity contribution in [2.45, 2.75) is 51.1 Å². The van der Waals surface area contributed by atoms with Crippen LogP contribution in [0.1, 0.15) is 29.8 Å². The standard InChI is InChI=1S/C25H33NO10S/c1-4-32-23-21(26-37(28,29)30)22(34-15-17-11-13-19(31-3)14-12-17)20(36-25(23)33-5-2)16-35-24(27)18-9-7-6-8-10-18/h6-14,20-23,25-26H,4-5,15-16H2,1-3H3,(H,28,29,30)/t20-,21+,22-,23+,25+/m1/s1. The highest BCUT2D eigenvalue weighted by atomic mass is 32.2. The number of esters is 1. The summed E-state index contributed by atoms with van der Waals surface area (Å²) in [6, 6.07) is 14.4. The first-order valence-electron chi connectivity index (χ1n) is 11.9. The number of hydrogen-bond acceptors (Lipinski definition) is 9. The molecule has 1 saturated heterocycles. The van der Waals surface area contributed by atoms with E-state index in [4.69, 9.17) is 28.4 Å². The summed E-state index contributed by atoms with van der Waals surface area (Å²) in [5.74, 6) is 0.0784. The normalized spacial score (nSPS) is 23.9. The number of nitrogens with one attached hydrogen (secondary N) is 1. The quantitative estimate of drug-likeness (QED) is 0.288. The van der Waals surface area contributed by atoms with Gasteiger partial charge in [-0.1, -0.05) is 30.3 Å². The molecule has 0 radical (unpaired) electrons. The van der Waals surface area contributed by atoms with Gasteiger partial charge in [0.05, 0.1) is 25.3 Å². The third-order valence-corrected chi connectivity index (χ3v) is 6.19. The van der Waals surface area contributed by atoms with Gasteiger partial charge in [-0.25, -0.2) is 4.79 Å². The predicted molar refractivity (Wildman–Crippen MR) is 132 cm³/mol. The Balaban J connectivity index is 1.88. The van der Waals surface area contributed by atoms with Gasteiger partial charge in [-0.15, -0.1) is 0 Å². The molecule has 3 rings (SSSR count). The molecule has 11 nitrogen and oxygen atoms in total. The molecular weight excluding hydrogens is 506 g/mol. The second kappa shape index (κ2) is 13.8. The van der Waals surface area contributed by atoms with E-state index in [1.807, 2.05) is 0 Å². The molecule has 0 saturated carbocycles. The van der Waals surface area contributed by atoms with Crippen molar-refractivity contribution in [2.24, 2.45) is 0 Å². The molecule has 1 aliphatic rings. The fourth-order valence-corrected chi connectivity index (χ4v) is 4.58. The zero-order chi connectivity index (χ0) is 26.8. The van der Waals surface area contributed by atoms with Crippen molar-refractivity contribution in [3.63, 3.8) is 0 Å². The molecule has 1 aliphatic heterocycles. The first kappa shape index (κ1) is 29.0. The Morgan fingerprint density at radius 3 is 2.24 bits per heavy atom. The molecule has 0 aliphatic carbocycles. The van der Waals surface area contributed by atoms with Crippen LogP contribution < -0.4 is 9.46 Å². The van der Waals surface area contributed by atoms with Crippen molar-refractivity contribution in [2.75, 3.05) is 26.9 Å². The monoisotopic (exact) mass is 539 g/mol. The van der Waals surface area contributed by atoms with Crippen LogP contribution in [0.15, 0.2) is 54.6 Å². The van der Waals surface area contributed by atoms with Crippen molar-refractivity contribution in [1.29, 1.82) is 0 Å². The Hall–Kier alpha value is -2.58. The Bertz CT molecular complexity index is 1080. The van der Waals surface area contributed by atoms with Crippen LogP contribution in [0.2, 0.25) is 0 Å². The van der Waals surface area contributed by atoms with Crippen LogP contribution in [-0.2, 0) is 40.6 Å². The van der Waals surface area contributed by atoms with E-state index in [1.54, 1.807) is 75.6 Å². The first-order chi connectivity index (χ1) is 17.8. The maximum Gasteiger partial charge on any atom is 0.338 e. The fourth-order valence-electron chi connectivity index (χ4n) is 3.97. The van der Waals surface area contributed by atoms with E-state index in [0.717, 1.165) is 5.56 Å². The zero-order valence-electron chi connectivity index (χ0n) is 20.9. The van der Waals surface area contributed by atoms with E-state index in [9.17, 15) is 17.8 Å². The van der Waals surface area contributed by atoms with Crippen molar-refractivity contribution in [3.05, 3.63) is 65.7 Å². The van der Waals surface area contributed by atoms with Crippen LogP contribution in [0.5, 0.6) is 5.75 Å². The van der Waals surface area contributed by atoms with Crippen molar-refractivity contribution >= 4 is 16.3 Å². The largest absolute Gasteiger partial charge is 0.497 e. The molecule has 12 heteroatoms. The molecule has 0 bridgehead atoms. The minimum atomic E-state index is -4.68. The Kier molecular flexibility index (Phi) is 10.8. The van der Waals surface area contributed by atoms with E-state index >= 15 is 0 Å². The zero-order valence-corrected chi connectivity index (χ0v) is 21.8. The number of ether oxygens (including phenoxy) is 6. The molecule has 0 amide bonds. The van der Waals surface area contributed by atoms with Crippen LogP contribution in [-0.4, -0.2) is 76.5 Å². The Morgan fingerprint density at radius 2 is 1.65 bits per heavy atom. The van der Waals surface area contributed by atoms with Crippen molar-refractivity contribution in [1.82, 2.24) is 4.72 Å². The minimum absolute atomic E-state index is 0.0585. The van der Waals surface area contributed by atoms with Gasteiger partial charge < -0.3 is 28.4 Å². The molecule has 37 heavy (non-hydrogen) atoms. The third-order valence-electron chi connectivity index (χ3n) is 5.62. The van der Waals surface area contributed by atoms with E-state index in [-0.39, 0.29) is 26.4 Å². The molecule has 1 fully saturated rings. The van der Waals surface area contributed by atoms with E-state index < -0.39 is 46.9 Å². The summed E-state index contributed by atoms with van der Waals surface area (Å²) in [5.41, 5.74) is 1.11. The van der Waals surface area contributed by atoms with Gasteiger partial charge in [-0.2, -0.15) is 13.1 Å². The lowest BCUT2D eigenvalue weighted by Gasteiger charge is -2.45. The summed E-state index contributed by atoms with van der Waals surface area (Å²) >= 11 is 0. The molecular formula is C25H33NO10S. The van der Waals surface area contributed by atoms with Crippen LogP contribution in [0, 0.1) is 0 Å². The SMILES string of the molecule is CCO[C@H]1O[C@H](COC(=O)c2ccccc2)[C@@H](OCc2ccc(OC)cc2)[C@H](NS(=O)(=O)O)[C@@H]1OCC. The van der Waals surface area contributed by atoms with Gasteiger partial charge in [0, 0.05) is 13.2 Å². The highest BCUT2D eigenvalue weighted by molar-refractivity contribution is 7.83. The molecule has 0 aromatic heterocycles. The van der Waals surface area contributed by atoms with Gasteiger partial charge in [-0.05, 0) is 43.7 Å². The summed E-state index contributed by atoms with van der Waals surface area (Å²) in [5, 5.41) is 0. The smallest absolute Gasteiger partial charge is 0.338 e. The van der Waals surface area contributed by atoms with Gasteiger partial charge in [0.15, 0.2) is 6.29 Å². The second-order valence-corrected chi connectivity index (χ2v) is 9.31. The van der Waals surface area contributed by atoms with Crippen LogP contribution >= 0.6 is 0 Å². The number of benzene rings is 2. The van der Waals surface area contributed by atoms with E-state index in [2.05, 4.69) is 4.72 Å². The lowest BCUT2D eigenvalue weighted by molar-refractivity contribution is -0.291. The third kappa shape index (κ3) is 8.47. The fraction of sp³-hybridized carbons (Fsp3) is 0.480. The molecule has 2 aromatic carbocycles. The minimum Gasteiger partial charge on any atom is -0.497 e. The summed E-state index contributed by atoms with van der Waals surface area (Å²) in [7, 11) is -3.13. The van der Waals surface area contributed by atoms with Gasteiger partial charge in [0.1, 0.15) is 30.7 Å². The maximum atomic E-state index is 12.6. The molecule has 2 aromatic rings. The number of methoxy groups -OCH3 is 1. The lowest BCUT2D eigenvalue weighted by atomic mass is 9.96. The number of rotatable bonds is 13. The summed E-state index contributed by atoms with van der Waals surface area (Å²) in [4.78, 5) is 12.6. The van der Waals surface area contributed by atoms with Crippen molar-refractivity contribution in [3.8, 4) is 5.75 Å². The van der Waals surface area contributed by atoms with Gasteiger partial charge in [-0.3, -0.25) is 4.55 Å². The Labute approximate surface area is 216 Å². The lowest BCUT2D eigenvalue weighted by Crippen LogP contribution is -2.66. The van der Waals surface area contributed by atoms with Gasteiger partial charge in [0.25, 0.3) is 0 Å². The maximum absolute atomic E-state index is 12.6. The number of carbonyl (C=O) groups excluding carboxylic acids is 1. The van der Waals surface area contributed by atoms with Crippen LogP contribution in [0.3, 0.4) is 0 Å². The van der Waals surface area contributed by atoms with Crippen LogP contribution in [0.4, 0.5) is 0 Å². The second-order valence-electron chi connectivity index (χ2n) is 8.13. The van der Waals surface area contributed by atoms with Crippen molar-refractivity contribution < 1.29 is 46.2 Å². The molecule has 0 unspecified atom stereocenters. The summed E-state index contributed by atoms with van der Waals surface area (Å²) in [6.07, 6.45) is -3.97. The number of hydrogen-bond donors (Lipinski definition) is 2. The number of carbonyl (C=O) groups is 1. The highest BCUT2D eigenvalue weighted by Crippen LogP contribution is 2.29. The highest BCUT2D eigenvalue weighted by Gasteiger charge is 2.49. The summed E-state index contributed by atoms with van der Waals surface area (Å²) in [6.45, 7) is 3.71. The molecule has 5 atom stereocenters. The van der Waals surface area contributed by atoms with Gasteiger partial charge >= 0.3 is 16.3 Å². The van der Waals surface area contributed by atoms with E-state index in [0.29, 0.717) is 11.3 Å². The molecule has 2 N–H and O–H groups in total. The average Bonchev–Trinajstić information content (AvgIpc) is 2.88. The average molecular weight is 540 g/mol. The summed E-state index contributed by atoms with van der Waals surface area (Å²) < 4.78 is 70.0.